The molecule has 0 N–H and O–H groups in total. The number of ether oxygens (including phenoxy) is 2. The van der Waals surface area contributed by atoms with Gasteiger partial charge in [-0.15, -0.1) is 0 Å². The number of nitrogens with zero attached hydrogens (tertiary/aromatic N) is 1. The minimum atomic E-state index is -1.46. The van der Waals surface area contributed by atoms with Crippen LogP contribution in [0.25, 0.3) is 0 Å². The molecular weight excluding hydrogens is 222 g/mol. The van der Waals surface area contributed by atoms with Crippen molar-refractivity contribution in [2.75, 3.05) is 13.2 Å². The monoisotopic (exact) mass is 241 g/mol. The standard InChI is InChI=1S/C12H19NO4/c1-5-16-10(14)7-12(8-13,9(3)4)11(15)17-6-2/h9H,5-7H2,1-4H3. The van der Waals surface area contributed by atoms with Crippen LogP contribution in [0.15, 0.2) is 0 Å². The second-order valence-electron chi connectivity index (χ2n) is 3.94. The first-order valence-corrected chi connectivity index (χ1v) is 5.68. The van der Waals surface area contributed by atoms with Crippen LogP contribution in [0.1, 0.15) is 34.1 Å². The third-order valence-corrected chi connectivity index (χ3v) is 2.55. The van der Waals surface area contributed by atoms with Crippen LogP contribution < -0.4 is 0 Å². The highest BCUT2D eigenvalue weighted by Gasteiger charge is 2.46. The molecule has 0 aliphatic rings. The van der Waals surface area contributed by atoms with Crippen LogP contribution in [0, 0.1) is 22.7 Å². The van der Waals surface area contributed by atoms with Crippen molar-refractivity contribution in [1.29, 1.82) is 5.26 Å². The molecule has 0 spiro atoms. The van der Waals surface area contributed by atoms with Crippen LogP contribution in [0.5, 0.6) is 0 Å². The number of rotatable bonds is 6. The van der Waals surface area contributed by atoms with Crippen molar-refractivity contribution in [3.8, 4) is 6.07 Å². The molecule has 0 bridgehead atoms. The van der Waals surface area contributed by atoms with Gasteiger partial charge in [-0.3, -0.25) is 9.59 Å². The SMILES string of the molecule is CCOC(=O)CC(C#N)(C(=O)OCC)C(C)C. The molecule has 0 radical (unpaired) electrons. The molecule has 0 amide bonds. The molecule has 0 aliphatic heterocycles. The minimum absolute atomic E-state index is 0.178. The predicted octanol–water partition coefficient (Wildman–Crippen LogP) is 1.67. The van der Waals surface area contributed by atoms with Gasteiger partial charge in [0.25, 0.3) is 0 Å². The van der Waals surface area contributed by atoms with Crippen molar-refractivity contribution in [2.45, 2.75) is 34.1 Å². The Hall–Kier alpha value is -1.57. The molecule has 17 heavy (non-hydrogen) atoms. The van der Waals surface area contributed by atoms with Crippen molar-refractivity contribution in [3.05, 3.63) is 0 Å². The molecule has 0 aliphatic carbocycles. The summed E-state index contributed by atoms with van der Waals surface area (Å²) in [5.41, 5.74) is -1.46. The molecule has 0 rings (SSSR count). The first kappa shape index (κ1) is 15.4. The third kappa shape index (κ3) is 3.74. The largest absolute Gasteiger partial charge is 0.466 e. The lowest BCUT2D eigenvalue weighted by atomic mass is 9.76. The maximum absolute atomic E-state index is 11.8. The third-order valence-electron chi connectivity index (χ3n) is 2.55. The van der Waals surface area contributed by atoms with E-state index in [1.54, 1.807) is 27.7 Å². The average molecular weight is 241 g/mol. The van der Waals surface area contributed by atoms with E-state index in [0.717, 1.165) is 0 Å². The van der Waals surface area contributed by atoms with Crippen molar-refractivity contribution < 1.29 is 19.1 Å². The number of esters is 2. The average Bonchev–Trinajstić information content (AvgIpc) is 2.26. The van der Waals surface area contributed by atoms with E-state index in [1.165, 1.54) is 0 Å². The molecule has 0 aromatic heterocycles. The van der Waals surface area contributed by atoms with E-state index in [9.17, 15) is 14.9 Å². The number of carbonyl (C=O) groups excluding carboxylic acids is 2. The molecular formula is C12H19NO4. The van der Waals surface area contributed by atoms with E-state index in [1.807, 2.05) is 6.07 Å². The number of hydrogen-bond acceptors (Lipinski definition) is 5. The second kappa shape index (κ2) is 6.89. The zero-order valence-electron chi connectivity index (χ0n) is 10.8. The summed E-state index contributed by atoms with van der Waals surface area (Å²) in [5.74, 6) is -1.54. The smallest absolute Gasteiger partial charge is 0.327 e. The molecule has 0 aromatic rings. The lowest BCUT2D eigenvalue weighted by Crippen LogP contribution is -2.39. The van der Waals surface area contributed by atoms with Crippen LogP contribution in [0.3, 0.4) is 0 Å². The molecule has 0 heterocycles. The van der Waals surface area contributed by atoms with E-state index in [0.29, 0.717) is 0 Å². The van der Waals surface area contributed by atoms with Gasteiger partial charge in [0.1, 0.15) is 0 Å². The van der Waals surface area contributed by atoms with E-state index >= 15 is 0 Å². The van der Waals surface area contributed by atoms with E-state index in [2.05, 4.69) is 0 Å². The quantitative estimate of drug-likeness (QED) is 0.661. The van der Waals surface area contributed by atoms with Gasteiger partial charge < -0.3 is 9.47 Å². The van der Waals surface area contributed by atoms with Crippen molar-refractivity contribution in [1.82, 2.24) is 0 Å². The predicted molar refractivity (Wildman–Crippen MR) is 60.8 cm³/mol. The molecule has 5 heteroatoms. The zero-order valence-corrected chi connectivity index (χ0v) is 10.8. The fraction of sp³-hybridized carbons (Fsp3) is 0.750. The highest BCUT2D eigenvalue weighted by molar-refractivity contribution is 5.86. The summed E-state index contributed by atoms with van der Waals surface area (Å²) < 4.78 is 9.65. The Labute approximate surface area is 102 Å². The Kier molecular flexibility index (Phi) is 6.26. The lowest BCUT2D eigenvalue weighted by molar-refractivity contribution is -0.161. The van der Waals surface area contributed by atoms with E-state index in [-0.39, 0.29) is 25.6 Å². The Bertz CT molecular complexity index is 319. The highest BCUT2D eigenvalue weighted by atomic mass is 16.5. The zero-order chi connectivity index (χ0) is 13.5. The van der Waals surface area contributed by atoms with Gasteiger partial charge in [-0.2, -0.15) is 5.26 Å². The molecule has 1 atom stereocenters. The summed E-state index contributed by atoms with van der Waals surface area (Å²) in [5, 5.41) is 9.20. The maximum Gasteiger partial charge on any atom is 0.327 e. The molecule has 0 aromatic carbocycles. The number of nitriles is 1. The molecule has 0 fully saturated rings. The van der Waals surface area contributed by atoms with Gasteiger partial charge >= 0.3 is 11.9 Å². The number of hydrogen-bond donors (Lipinski definition) is 0. The van der Waals surface area contributed by atoms with Gasteiger partial charge in [0.2, 0.25) is 0 Å². The Morgan fingerprint density at radius 1 is 1.24 bits per heavy atom. The van der Waals surface area contributed by atoms with Gasteiger partial charge in [-0.25, -0.2) is 0 Å². The van der Waals surface area contributed by atoms with E-state index in [4.69, 9.17) is 9.47 Å². The molecule has 96 valence electrons. The summed E-state index contributed by atoms with van der Waals surface area (Å²) in [6.07, 6.45) is -0.270. The fourth-order valence-corrected chi connectivity index (χ4v) is 1.43. The first-order valence-electron chi connectivity index (χ1n) is 5.68. The van der Waals surface area contributed by atoms with Crippen LogP contribution in [-0.2, 0) is 19.1 Å². The Morgan fingerprint density at radius 3 is 2.12 bits per heavy atom. The van der Waals surface area contributed by atoms with Crippen LogP contribution >= 0.6 is 0 Å². The minimum Gasteiger partial charge on any atom is -0.466 e. The van der Waals surface area contributed by atoms with Crippen molar-refractivity contribution in [3.63, 3.8) is 0 Å². The van der Waals surface area contributed by atoms with Crippen LogP contribution in [0.2, 0.25) is 0 Å². The second-order valence-corrected chi connectivity index (χ2v) is 3.94. The van der Waals surface area contributed by atoms with E-state index < -0.39 is 17.4 Å². The fourth-order valence-electron chi connectivity index (χ4n) is 1.43. The highest BCUT2D eigenvalue weighted by Crippen LogP contribution is 2.33. The van der Waals surface area contributed by atoms with Gasteiger partial charge in [-0.1, -0.05) is 13.8 Å². The normalized spacial score (nSPS) is 13.6. The summed E-state index contributed by atoms with van der Waals surface area (Å²) in [4.78, 5) is 23.3. The summed E-state index contributed by atoms with van der Waals surface area (Å²) >= 11 is 0. The summed E-state index contributed by atoms with van der Waals surface area (Å²) in [6, 6.07) is 1.91. The summed E-state index contributed by atoms with van der Waals surface area (Å²) in [6.45, 7) is 7.15. The van der Waals surface area contributed by atoms with Gasteiger partial charge in [0.15, 0.2) is 5.41 Å². The van der Waals surface area contributed by atoms with Gasteiger partial charge in [-0.05, 0) is 19.8 Å². The lowest BCUT2D eigenvalue weighted by Gasteiger charge is -2.26. The van der Waals surface area contributed by atoms with Gasteiger partial charge in [0.05, 0.1) is 25.7 Å². The maximum atomic E-state index is 11.8. The first-order chi connectivity index (χ1) is 7.94. The Morgan fingerprint density at radius 2 is 1.76 bits per heavy atom. The molecule has 5 nitrogen and oxygen atoms in total. The molecule has 1 unspecified atom stereocenters. The molecule has 0 saturated heterocycles. The van der Waals surface area contributed by atoms with Crippen molar-refractivity contribution in [2.24, 2.45) is 11.3 Å². The van der Waals surface area contributed by atoms with Gasteiger partial charge in [0, 0.05) is 0 Å². The Balaban J connectivity index is 5.04. The van der Waals surface area contributed by atoms with Crippen LogP contribution in [-0.4, -0.2) is 25.2 Å². The molecule has 0 saturated carbocycles. The topological polar surface area (TPSA) is 76.4 Å². The van der Waals surface area contributed by atoms with Crippen LogP contribution in [0.4, 0.5) is 0 Å². The number of carbonyl (C=O) groups is 2. The summed E-state index contributed by atoms with van der Waals surface area (Å²) in [7, 11) is 0. The van der Waals surface area contributed by atoms with Crippen molar-refractivity contribution >= 4 is 11.9 Å².